The van der Waals surface area contributed by atoms with Gasteiger partial charge in [-0.1, -0.05) is 24.3 Å². The summed E-state index contributed by atoms with van der Waals surface area (Å²) in [5, 5.41) is 0. The zero-order valence-electron chi connectivity index (χ0n) is 10.2. The summed E-state index contributed by atoms with van der Waals surface area (Å²) >= 11 is 0. The van der Waals surface area contributed by atoms with Gasteiger partial charge in [0.05, 0.1) is 6.10 Å². The van der Waals surface area contributed by atoms with Gasteiger partial charge in [-0.25, -0.2) is 0 Å². The highest BCUT2D eigenvalue weighted by Crippen LogP contribution is 2.47. The number of methoxy groups -OCH3 is 1. The quantitative estimate of drug-likeness (QED) is 0.824. The van der Waals surface area contributed by atoms with Gasteiger partial charge in [0.15, 0.2) is 0 Å². The molecule has 1 saturated carbocycles. The van der Waals surface area contributed by atoms with E-state index in [1.807, 2.05) is 0 Å². The molecule has 1 fully saturated rings. The third-order valence-electron chi connectivity index (χ3n) is 3.74. The fraction of sp³-hybridized carbons (Fsp3) is 0.571. The van der Waals surface area contributed by atoms with Crippen molar-refractivity contribution in [2.24, 2.45) is 5.73 Å². The summed E-state index contributed by atoms with van der Waals surface area (Å²) in [6.45, 7) is 2.87. The van der Waals surface area contributed by atoms with Gasteiger partial charge in [-0.2, -0.15) is 0 Å². The number of ether oxygens (including phenoxy) is 1. The molecule has 0 aromatic heterocycles. The van der Waals surface area contributed by atoms with Gasteiger partial charge in [0, 0.05) is 19.1 Å². The first kappa shape index (κ1) is 11.6. The summed E-state index contributed by atoms with van der Waals surface area (Å²) in [7, 11) is 1.76. The predicted octanol–water partition coefficient (Wildman–Crippen LogP) is 2.25. The molecule has 0 radical (unpaired) electrons. The molecule has 1 aliphatic rings. The first-order valence-corrected chi connectivity index (χ1v) is 6.02. The van der Waals surface area contributed by atoms with Gasteiger partial charge in [0.25, 0.3) is 0 Å². The third-order valence-corrected chi connectivity index (χ3v) is 3.74. The van der Waals surface area contributed by atoms with Crippen LogP contribution in [0.5, 0.6) is 0 Å². The Morgan fingerprint density at radius 3 is 2.38 bits per heavy atom. The van der Waals surface area contributed by atoms with E-state index in [1.54, 1.807) is 7.11 Å². The average Bonchev–Trinajstić information content (AvgIpc) is 3.11. The Morgan fingerprint density at radius 1 is 1.31 bits per heavy atom. The molecule has 1 atom stereocenters. The molecule has 2 heteroatoms. The number of nitrogens with two attached hydrogens (primary N) is 1. The smallest absolute Gasteiger partial charge is 0.0583 e. The highest BCUT2D eigenvalue weighted by atomic mass is 16.5. The lowest BCUT2D eigenvalue weighted by Gasteiger charge is -2.14. The second-order valence-electron chi connectivity index (χ2n) is 4.93. The van der Waals surface area contributed by atoms with Crippen molar-refractivity contribution in [2.45, 2.75) is 37.7 Å². The molecular weight excluding hydrogens is 198 g/mol. The lowest BCUT2D eigenvalue weighted by atomic mass is 9.94. The highest BCUT2D eigenvalue weighted by Gasteiger charge is 2.42. The molecular formula is C14H21NO. The van der Waals surface area contributed by atoms with Crippen molar-refractivity contribution < 1.29 is 4.74 Å². The van der Waals surface area contributed by atoms with Gasteiger partial charge in [-0.15, -0.1) is 0 Å². The normalized spacial score (nSPS) is 19.4. The van der Waals surface area contributed by atoms with E-state index >= 15 is 0 Å². The van der Waals surface area contributed by atoms with E-state index in [1.165, 1.54) is 24.0 Å². The molecule has 1 aromatic carbocycles. The van der Waals surface area contributed by atoms with Gasteiger partial charge in [0.2, 0.25) is 0 Å². The van der Waals surface area contributed by atoms with E-state index in [9.17, 15) is 0 Å². The standard InChI is InChI=1S/C14H21NO/c1-11(16-2)9-12-3-5-13(6-4-12)14(10-15)7-8-14/h3-6,11H,7-10,15H2,1-2H3. The van der Waals surface area contributed by atoms with Gasteiger partial charge < -0.3 is 10.5 Å². The molecule has 0 spiro atoms. The summed E-state index contributed by atoms with van der Waals surface area (Å²) in [5.41, 5.74) is 8.88. The van der Waals surface area contributed by atoms with Crippen LogP contribution in [0.3, 0.4) is 0 Å². The van der Waals surface area contributed by atoms with Crippen molar-refractivity contribution in [1.29, 1.82) is 0 Å². The third kappa shape index (κ3) is 2.28. The molecule has 16 heavy (non-hydrogen) atoms. The molecule has 0 heterocycles. The van der Waals surface area contributed by atoms with Crippen LogP contribution in [0.4, 0.5) is 0 Å². The van der Waals surface area contributed by atoms with Crippen molar-refractivity contribution in [3.8, 4) is 0 Å². The maximum Gasteiger partial charge on any atom is 0.0583 e. The molecule has 2 rings (SSSR count). The number of benzene rings is 1. The minimum Gasteiger partial charge on any atom is -0.381 e. The second-order valence-corrected chi connectivity index (χ2v) is 4.93. The molecule has 1 aromatic rings. The zero-order valence-corrected chi connectivity index (χ0v) is 10.2. The SMILES string of the molecule is COC(C)Cc1ccc(C2(CN)CC2)cc1. The monoisotopic (exact) mass is 219 g/mol. The van der Waals surface area contributed by atoms with Gasteiger partial charge in [0.1, 0.15) is 0 Å². The minimum absolute atomic E-state index is 0.287. The number of rotatable bonds is 5. The van der Waals surface area contributed by atoms with Crippen LogP contribution in [0.1, 0.15) is 30.9 Å². The van der Waals surface area contributed by atoms with E-state index in [-0.39, 0.29) is 6.10 Å². The lowest BCUT2D eigenvalue weighted by molar-refractivity contribution is 0.119. The van der Waals surface area contributed by atoms with Crippen LogP contribution in [-0.2, 0) is 16.6 Å². The Hall–Kier alpha value is -0.860. The van der Waals surface area contributed by atoms with Crippen LogP contribution in [-0.4, -0.2) is 19.8 Å². The van der Waals surface area contributed by atoms with Gasteiger partial charge in [-0.3, -0.25) is 0 Å². The molecule has 1 aliphatic carbocycles. The molecule has 0 aliphatic heterocycles. The van der Waals surface area contributed by atoms with Gasteiger partial charge >= 0.3 is 0 Å². The molecule has 1 unspecified atom stereocenters. The largest absolute Gasteiger partial charge is 0.381 e. The Bertz CT molecular complexity index is 340. The van der Waals surface area contributed by atoms with Crippen LogP contribution in [0.15, 0.2) is 24.3 Å². The van der Waals surface area contributed by atoms with Crippen LogP contribution in [0, 0.1) is 0 Å². The van der Waals surface area contributed by atoms with Crippen LogP contribution in [0.2, 0.25) is 0 Å². The highest BCUT2D eigenvalue weighted by molar-refractivity contribution is 5.34. The second kappa shape index (κ2) is 4.56. The molecule has 0 amide bonds. The molecule has 2 nitrogen and oxygen atoms in total. The summed E-state index contributed by atoms with van der Waals surface area (Å²) in [6.07, 6.45) is 3.76. The van der Waals surface area contributed by atoms with Gasteiger partial charge in [-0.05, 0) is 37.3 Å². The maximum absolute atomic E-state index is 5.82. The van der Waals surface area contributed by atoms with Crippen LogP contribution in [0.25, 0.3) is 0 Å². The first-order chi connectivity index (χ1) is 7.70. The molecule has 0 bridgehead atoms. The summed E-state index contributed by atoms with van der Waals surface area (Å²) in [5.74, 6) is 0. The summed E-state index contributed by atoms with van der Waals surface area (Å²) in [6, 6.07) is 8.89. The predicted molar refractivity (Wildman–Crippen MR) is 66.6 cm³/mol. The van der Waals surface area contributed by atoms with Crippen LogP contribution >= 0.6 is 0 Å². The Labute approximate surface area is 97.8 Å². The zero-order chi connectivity index (χ0) is 11.6. The van der Waals surface area contributed by atoms with E-state index in [2.05, 4.69) is 31.2 Å². The van der Waals surface area contributed by atoms with Crippen molar-refractivity contribution in [3.05, 3.63) is 35.4 Å². The summed E-state index contributed by atoms with van der Waals surface area (Å²) < 4.78 is 5.27. The maximum atomic E-state index is 5.82. The van der Waals surface area contributed by atoms with Crippen molar-refractivity contribution in [1.82, 2.24) is 0 Å². The Kier molecular flexibility index (Phi) is 3.31. The average molecular weight is 219 g/mol. The van der Waals surface area contributed by atoms with Crippen molar-refractivity contribution in [3.63, 3.8) is 0 Å². The van der Waals surface area contributed by atoms with Crippen LogP contribution < -0.4 is 5.73 Å². The van der Waals surface area contributed by atoms with Crippen molar-refractivity contribution in [2.75, 3.05) is 13.7 Å². The topological polar surface area (TPSA) is 35.2 Å². The number of hydrogen-bond acceptors (Lipinski definition) is 2. The van der Waals surface area contributed by atoms with Crippen molar-refractivity contribution >= 4 is 0 Å². The molecule has 88 valence electrons. The fourth-order valence-electron chi connectivity index (χ4n) is 2.17. The fourth-order valence-corrected chi connectivity index (χ4v) is 2.17. The van der Waals surface area contributed by atoms with E-state index in [0.29, 0.717) is 5.41 Å². The Balaban J connectivity index is 2.05. The Morgan fingerprint density at radius 2 is 1.94 bits per heavy atom. The lowest BCUT2D eigenvalue weighted by Crippen LogP contribution is -2.19. The van der Waals surface area contributed by atoms with E-state index < -0.39 is 0 Å². The van der Waals surface area contributed by atoms with E-state index in [4.69, 9.17) is 10.5 Å². The summed E-state index contributed by atoms with van der Waals surface area (Å²) in [4.78, 5) is 0. The van der Waals surface area contributed by atoms with E-state index in [0.717, 1.165) is 13.0 Å². The molecule has 2 N–H and O–H groups in total. The first-order valence-electron chi connectivity index (χ1n) is 6.02. The molecule has 0 saturated heterocycles. The minimum atomic E-state index is 0.287. The number of hydrogen-bond donors (Lipinski definition) is 1.